The van der Waals surface area contributed by atoms with Crippen molar-refractivity contribution in [2.45, 2.75) is 39.5 Å². The summed E-state index contributed by atoms with van der Waals surface area (Å²) in [5.41, 5.74) is 1.00. The minimum Gasteiger partial charge on any atom is -0.392 e. The highest BCUT2D eigenvalue weighted by Gasteiger charge is 2.24. The third-order valence-corrected chi connectivity index (χ3v) is 3.41. The number of hydrogen-bond donors (Lipinski definition) is 1. The first-order chi connectivity index (χ1) is 8.54. The molecule has 1 N–H and O–H groups in total. The van der Waals surface area contributed by atoms with Crippen LogP contribution in [0, 0.1) is 6.92 Å². The highest BCUT2D eigenvalue weighted by Crippen LogP contribution is 2.13. The van der Waals surface area contributed by atoms with Gasteiger partial charge in [-0.25, -0.2) is 0 Å². The molecule has 1 aromatic rings. The summed E-state index contributed by atoms with van der Waals surface area (Å²) in [7, 11) is 0. The number of aliphatic hydroxyl groups is 1. The maximum absolute atomic E-state index is 9.45. The van der Waals surface area contributed by atoms with Gasteiger partial charge in [-0.1, -0.05) is 5.16 Å². The van der Waals surface area contributed by atoms with Crippen molar-refractivity contribution in [1.29, 1.82) is 0 Å². The molecule has 0 bridgehead atoms. The van der Waals surface area contributed by atoms with Crippen LogP contribution >= 0.6 is 0 Å². The summed E-state index contributed by atoms with van der Waals surface area (Å²) in [5.74, 6) is 0.866. The van der Waals surface area contributed by atoms with E-state index >= 15 is 0 Å². The Morgan fingerprint density at radius 1 is 1.56 bits per heavy atom. The van der Waals surface area contributed by atoms with Crippen molar-refractivity contribution in [3.63, 3.8) is 0 Å². The largest absolute Gasteiger partial charge is 0.392 e. The Morgan fingerprint density at radius 2 is 2.33 bits per heavy atom. The summed E-state index contributed by atoms with van der Waals surface area (Å²) < 4.78 is 5.09. The van der Waals surface area contributed by atoms with Crippen molar-refractivity contribution < 1.29 is 9.63 Å². The predicted octanol–water partition coefficient (Wildman–Crippen LogP) is 0.870. The van der Waals surface area contributed by atoms with E-state index in [2.05, 4.69) is 21.9 Å². The number of β-amino-alcohol motifs (C(OH)–C–C–N with tert-alkyl or cyclic N) is 1. The molecule has 5 heteroatoms. The fourth-order valence-electron chi connectivity index (χ4n) is 2.55. The molecule has 0 aliphatic carbocycles. The van der Waals surface area contributed by atoms with E-state index in [4.69, 9.17) is 4.52 Å². The van der Waals surface area contributed by atoms with Gasteiger partial charge in [-0.15, -0.1) is 0 Å². The third-order valence-electron chi connectivity index (χ3n) is 3.41. The first-order valence-electron chi connectivity index (χ1n) is 6.61. The van der Waals surface area contributed by atoms with Gasteiger partial charge in [-0.05, 0) is 20.8 Å². The number of aromatic nitrogens is 1. The van der Waals surface area contributed by atoms with Crippen molar-refractivity contribution in [2.75, 3.05) is 26.2 Å². The summed E-state index contributed by atoms with van der Waals surface area (Å²) in [6, 6.07) is 2.47. The molecule has 1 aliphatic heterocycles. The number of piperazine rings is 1. The molecule has 0 unspecified atom stereocenters. The molecule has 5 nitrogen and oxygen atoms in total. The quantitative estimate of drug-likeness (QED) is 0.863. The number of aryl methyl sites for hydroxylation is 1. The Morgan fingerprint density at radius 3 is 2.89 bits per heavy atom. The van der Waals surface area contributed by atoms with Gasteiger partial charge in [0.25, 0.3) is 0 Å². The molecule has 2 rings (SSSR count). The van der Waals surface area contributed by atoms with E-state index in [1.54, 1.807) is 0 Å². The zero-order valence-electron chi connectivity index (χ0n) is 11.5. The molecule has 2 atom stereocenters. The van der Waals surface area contributed by atoms with Crippen molar-refractivity contribution in [3.8, 4) is 0 Å². The van der Waals surface area contributed by atoms with Gasteiger partial charge < -0.3 is 9.63 Å². The van der Waals surface area contributed by atoms with E-state index in [1.807, 2.05) is 19.9 Å². The maximum atomic E-state index is 9.45. The number of hydrogen-bond acceptors (Lipinski definition) is 5. The van der Waals surface area contributed by atoms with E-state index in [-0.39, 0.29) is 6.10 Å². The smallest absolute Gasteiger partial charge is 0.133 e. The first-order valence-corrected chi connectivity index (χ1v) is 6.61. The van der Waals surface area contributed by atoms with Crippen molar-refractivity contribution >= 4 is 0 Å². The van der Waals surface area contributed by atoms with Crippen molar-refractivity contribution in [1.82, 2.24) is 15.0 Å². The average molecular weight is 253 g/mol. The minimum absolute atomic E-state index is 0.253. The van der Waals surface area contributed by atoms with Gasteiger partial charge >= 0.3 is 0 Å². The van der Waals surface area contributed by atoms with Crippen molar-refractivity contribution in [2.24, 2.45) is 0 Å². The molecule has 1 fully saturated rings. The zero-order valence-corrected chi connectivity index (χ0v) is 11.5. The molecule has 0 radical (unpaired) electrons. The van der Waals surface area contributed by atoms with Crippen LogP contribution in [0.2, 0.25) is 0 Å². The molecule has 1 aliphatic rings. The van der Waals surface area contributed by atoms with Gasteiger partial charge in [0.1, 0.15) is 5.76 Å². The molecule has 0 aromatic carbocycles. The van der Waals surface area contributed by atoms with Crippen LogP contribution in [0.1, 0.15) is 25.3 Å². The molecule has 1 aromatic heterocycles. The van der Waals surface area contributed by atoms with Gasteiger partial charge in [0.15, 0.2) is 0 Å². The fraction of sp³-hybridized carbons (Fsp3) is 0.769. The highest BCUT2D eigenvalue weighted by atomic mass is 16.5. The summed E-state index contributed by atoms with van der Waals surface area (Å²) in [6.45, 7) is 10.6. The van der Waals surface area contributed by atoms with Crippen LogP contribution in [0.15, 0.2) is 10.6 Å². The second kappa shape index (κ2) is 5.82. The molecule has 1 saturated heterocycles. The zero-order chi connectivity index (χ0) is 13.1. The van der Waals surface area contributed by atoms with E-state index in [1.165, 1.54) is 0 Å². The number of aliphatic hydroxyl groups excluding tert-OH is 1. The van der Waals surface area contributed by atoms with Gasteiger partial charge in [-0.3, -0.25) is 9.80 Å². The summed E-state index contributed by atoms with van der Waals surface area (Å²) in [6.07, 6.45) is -0.253. The normalized spacial score (nSPS) is 24.3. The molecule has 0 saturated carbocycles. The van der Waals surface area contributed by atoms with Crippen molar-refractivity contribution in [3.05, 3.63) is 17.5 Å². The summed E-state index contributed by atoms with van der Waals surface area (Å²) >= 11 is 0. The Bertz CT molecular complexity index is 378. The van der Waals surface area contributed by atoms with E-state index < -0.39 is 0 Å². The molecule has 18 heavy (non-hydrogen) atoms. The van der Waals surface area contributed by atoms with E-state index in [0.717, 1.165) is 44.2 Å². The summed E-state index contributed by atoms with van der Waals surface area (Å²) in [4.78, 5) is 4.73. The van der Waals surface area contributed by atoms with Crippen LogP contribution in [0.3, 0.4) is 0 Å². The van der Waals surface area contributed by atoms with E-state index in [9.17, 15) is 5.11 Å². The second-order valence-electron chi connectivity index (χ2n) is 5.36. The number of nitrogens with zero attached hydrogens (tertiary/aromatic N) is 3. The fourth-order valence-corrected chi connectivity index (χ4v) is 2.55. The summed E-state index contributed by atoms with van der Waals surface area (Å²) in [5, 5.41) is 13.5. The van der Waals surface area contributed by atoms with Gasteiger partial charge in [0, 0.05) is 44.8 Å². The lowest BCUT2D eigenvalue weighted by molar-refractivity contribution is 0.0415. The van der Waals surface area contributed by atoms with Gasteiger partial charge in [-0.2, -0.15) is 0 Å². The Labute approximate surface area is 108 Å². The van der Waals surface area contributed by atoms with Crippen LogP contribution in [-0.4, -0.2) is 58.4 Å². The monoisotopic (exact) mass is 253 g/mol. The SMILES string of the molecule is Cc1cc(CN2CCN(C[C@@H](C)O)[C@H](C)C2)no1. The lowest BCUT2D eigenvalue weighted by atomic mass is 10.1. The topological polar surface area (TPSA) is 52.7 Å². The van der Waals surface area contributed by atoms with Crippen LogP contribution < -0.4 is 0 Å². The Balaban J connectivity index is 1.84. The maximum Gasteiger partial charge on any atom is 0.133 e. The molecule has 0 spiro atoms. The lowest BCUT2D eigenvalue weighted by Crippen LogP contribution is -2.53. The van der Waals surface area contributed by atoms with Gasteiger partial charge in [0.2, 0.25) is 0 Å². The molecule has 0 amide bonds. The molecular weight excluding hydrogens is 230 g/mol. The lowest BCUT2D eigenvalue weighted by Gasteiger charge is -2.40. The van der Waals surface area contributed by atoms with Crippen LogP contribution in [-0.2, 0) is 6.54 Å². The third kappa shape index (κ3) is 3.54. The number of rotatable bonds is 4. The van der Waals surface area contributed by atoms with Crippen LogP contribution in [0.5, 0.6) is 0 Å². The second-order valence-corrected chi connectivity index (χ2v) is 5.36. The van der Waals surface area contributed by atoms with Crippen LogP contribution in [0.4, 0.5) is 0 Å². The molecule has 102 valence electrons. The minimum atomic E-state index is -0.253. The highest BCUT2D eigenvalue weighted by molar-refractivity contribution is 5.03. The first kappa shape index (κ1) is 13.5. The molecule has 2 heterocycles. The Kier molecular flexibility index (Phi) is 4.37. The molecular formula is C13H23N3O2. The van der Waals surface area contributed by atoms with E-state index in [0.29, 0.717) is 6.04 Å². The predicted molar refractivity (Wildman–Crippen MR) is 69.2 cm³/mol. The average Bonchev–Trinajstić information content (AvgIpc) is 2.68. The van der Waals surface area contributed by atoms with Crippen LogP contribution in [0.25, 0.3) is 0 Å². The van der Waals surface area contributed by atoms with Gasteiger partial charge in [0.05, 0.1) is 11.8 Å². The standard InChI is InChI=1S/C13H23N3O2/c1-10-7-15(4-5-16(10)8-11(2)17)9-13-6-12(3)18-14-13/h6,10-11,17H,4-5,7-9H2,1-3H3/t10-,11-/m1/s1. The Hall–Kier alpha value is -0.910.